The fraction of sp³-hybridized carbons (Fsp3) is 0.333. The third-order valence-corrected chi connectivity index (χ3v) is 6.24. The molecule has 0 bridgehead atoms. The molecule has 0 saturated heterocycles. The molecule has 1 aliphatic carbocycles. The van der Waals surface area contributed by atoms with Crippen LogP contribution in [0.5, 0.6) is 0 Å². The van der Waals surface area contributed by atoms with Crippen LogP contribution in [0.3, 0.4) is 0 Å². The number of Topliss-reactive ketones (excluding diaryl/α,β-unsaturated/α-hetero) is 1. The first-order chi connectivity index (χ1) is 14.5. The molecular formula is C24H27N4O2+. The van der Waals surface area contributed by atoms with E-state index < -0.39 is 5.41 Å². The number of aromatic nitrogens is 3. The lowest BCUT2D eigenvalue weighted by Gasteiger charge is -2.37. The van der Waals surface area contributed by atoms with Gasteiger partial charge >= 0.3 is 0 Å². The molecular weight excluding hydrogens is 376 g/mol. The molecule has 2 atom stereocenters. The highest BCUT2D eigenvalue weighted by molar-refractivity contribution is 5.91. The molecule has 6 nitrogen and oxygen atoms in total. The van der Waals surface area contributed by atoms with Crippen LogP contribution in [0.25, 0.3) is 0 Å². The third kappa shape index (κ3) is 3.54. The largest absolute Gasteiger partial charge is 0.369 e. The predicted octanol–water partition coefficient (Wildman–Crippen LogP) is 2.57. The van der Waals surface area contributed by atoms with Crippen LogP contribution < -0.4 is 10.3 Å². The Balaban J connectivity index is 1.71. The second kappa shape index (κ2) is 8.22. The Morgan fingerprint density at radius 3 is 2.20 bits per heavy atom. The van der Waals surface area contributed by atoms with E-state index in [1.807, 2.05) is 71.7 Å². The van der Waals surface area contributed by atoms with Crippen LogP contribution in [0.1, 0.15) is 43.4 Å². The molecule has 0 spiro atoms. The summed E-state index contributed by atoms with van der Waals surface area (Å²) < 4.78 is 3.72. The Morgan fingerprint density at radius 1 is 1.07 bits per heavy atom. The number of primary amides is 1. The molecule has 0 aliphatic heterocycles. The summed E-state index contributed by atoms with van der Waals surface area (Å²) in [7, 11) is 0. The van der Waals surface area contributed by atoms with E-state index in [0.717, 1.165) is 30.4 Å². The van der Waals surface area contributed by atoms with Gasteiger partial charge in [-0.15, -0.1) is 4.68 Å². The van der Waals surface area contributed by atoms with Crippen LogP contribution >= 0.6 is 0 Å². The zero-order valence-electron chi connectivity index (χ0n) is 17.1. The van der Waals surface area contributed by atoms with Crippen molar-refractivity contribution >= 4 is 11.7 Å². The highest BCUT2D eigenvalue weighted by atomic mass is 16.1. The zero-order chi connectivity index (χ0) is 21.1. The van der Waals surface area contributed by atoms with Crippen molar-refractivity contribution in [1.82, 2.24) is 9.78 Å². The van der Waals surface area contributed by atoms with Gasteiger partial charge in [-0.2, -0.15) is 0 Å². The van der Waals surface area contributed by atoms with Gasteiger partial charge in [0.1, 0.15) is 18.0 Å². The van der Waals surface area contributed by atoms with Crippen LogP contribution in [-0.2, 0) is 21.5 Å². The number of carbonyl (C=O) groups is 2. The third-order valence-electron chi connectivity index (χ3n) is 6.24. The second-order valence-electron chi connectivity index (χ2n) is 8.17. The van der Waals surface area contributed by atoms with Crippen LogP contribution in [0, 0.1) is 5.92 Å². The summed E-state index contributed by atoms with van der Waals surface area (Å²) in [6.45, 7) is 1.88. The molecule has 1 heterocycles. The monoisotopic (exact) mass is 403 g/mol. The minimum atomic E-state index is -0.889. The number of amides is 1. The number of hydrogen-bond acceptors (Lipinski definition) is 3. The zero-order valence-corrected chi connectivity index (χ0v) is 17.1. The number of benzene rings is 2. The molecule has 1 fully saturated rings. The van der Waals surface area contributed by atoms with Crippen LogP contribution in [0.2, 0.25) is 0 Å². The van der Waals surface area contributed by atoms with Gasteiger partial charge in [0.15, 0.2) is 5.78 Å². The molecule has 0 unspecified atom stereocenters. The fourth-order valence-corrected chi connectivity index (χ4v) is 4.98. The first kappa shape index (κ1) is 20.0. The van der Waals surface area contributed by atoms with Gasteiger partial charge in [-0.1, -0.05) is 60.7 Å². The fourth-order valence-electron chi connectivity index (χ4n) is 4.98. The highest BCUT2D eigenvalue weighted by Gasteiger charge is 2.51. The summed E-state index contributed by atoms with van der Waals surface area (Å²) in [5, 5.41) is 4.47. The van der Waals surface area contributed by atoms with E-state index in [1.54, 1.807) is 17.8 Å². The standard InChI is InChI=1S/C24H26N4O2/c1-18(29)15-27-16-26-28(17-27)22-13-12-21(14-22)24(23(25)30,19-8-4-2-5-9-19)20-10-6-3-7-11-20/h2-11,16-17,21-22H,12-15H2,1H3,(H-,25,30)/p+1/t21-,22+/m1/s1. The van der Waals surface area contributed by atoms with Crippen molar-refractivity contribution in [3.05, 3.63) is 84.4 Å². The first-order valence-electron chi connectivity index (χ1n) is 10.4. The molecule has 30 heavy (non-hydrogen) atoms. The maximum absolute atomic E-state index is 13.1. The normalized spacial score (nSPS) is 19.0. The summed E-state index contributed by atoms with van der Waals surface area (Å²) in [5.74, 6) is -0.183. The average Bonchev–Trinajstić information content (AvgIpc) is 3.40. The minimum absolute atomic E-state index is 0.0512. The maximum atomic E-state index is 13.1. The Morgan fingerprint density at radius 2 is 1.67 bits per heavy atom. The van der Waals surface area contributed by atoms with Crippen molar-refractivity contribution in [2.75, 3.05) is 0 Å². The Kier molecular flexibility index (Phi) is 5.48. The van der Waals surface area contributed by atoms with Crippen LogP contribution in [0.4, 0.5) is 0 Å². The lowest BCUT2D eigenvalue weighted by atomic mass is 9.64. The summed E-state index contributed by atoms with van der Waals surface area (Å²) in [6, 6.07) is 19.9. The predicted molar refractivity (Wildman–Crippen MR) is 112 cm³/mol. The lowest BCUT2D eigenvalue weighted by Crippen LogP contribution is -2.47. The molecule has 2 N–H and O–H groups in total. The average molecular weight is 404 g/mol. The van der Waals surface area contributed by atoms with Crippen molar-refractivity contribution in [3.8, 4) is 0 Å². The van der Waals surface area contributed by atoms with Gasteiger partial charge in [-0.3, -0.25) is 9.59 Å². The molecule has 1 aromatic heterocycles. The second-order valence-corrected chi connectivity index (χ2v) is 8.17. The molecule has 3 aromatic rings. The molecule has 1 saturated carbocycles. The van der Waals surface area contributed by atoms with Crippen molar-refractivity contribution in [2.24, 2.45) is 11.7 Å². The van der Waals surface area contributed by atoms with Crippen molar-refractivity contribution in [2.45, 2.75) is 44.2 Å². The van der Waals surface area contributed by atoms with Crippen LogP contribution in [-0.4, -0.2) is 21.5 Å². The molecule has 2 aromatic carbocycles. The number of ketones is 1. The molecule has 6 heteroatoms. The molecule has 154 valence electrons. The minimum Gasteiger partial charge on any atom is -0.369 e. The van der Waals surface area contributed by atoms with E-state index in [9.17, 15) is 9.59 Å². The molecule has 4 rings (SSSR count). The van der Waals surface area contributed by atoms with E-state index in [2.05, 4.69) is 5.10 Å². The molecule has 1 amide bonds. The van der Waals surface area contributed by atoms with Crippen LogP contribution in [0.15, 0.2) is 73.3 Å². The van der Waals surface area contributed by atoms with E-state index in [1.165, 1.54) is 0 Å². The van der Waals surface area contributed by atoms with Gasteiger partial charge in [0.2, 0.25) is 12.2 Å². The lowest BCUT2D eigenvalue weighted by molar-refractivity contribution is -0.685. The highest BCUT2D eigenvalue weighted by Crippen LogP contribution is 2.49. The number of hydrogen-bond donors (Lipinski definition) is 1. The number of carbonyl (C=O) groups excluding carboxylic acids is 2. The van der Waals surface area contributed by atoms with E-state index in [-0.39, 0.29) is 23.7 Å². The van der Waals surface area contributed by atoms with Crippen molar-refractivity contribution < 1.29 is 14.2 Å². The summed E-state index contributed by atoms with van der Waals surface area (Å²) in [4.78, 5) is 24.5. The van der Waals surface area contributed by atoms with E-state index in [4.69, 9.17) is 5.73 Å². The van der Waals surface area contributed by atoms with Gasteiger partial charge in [-0.05, 0) is 43.2 Å². The molecule has 0 radical (unpaired) electrons. The first-order valence-corrected chi connectivity index (χ1v) is 10.4. The van der Waals surface area contributed by atoms with Gasteiger partial charge in [0, 0.05) is 5.10 Å². The SMILES string of the molecule is CC(=O)C[n+]1cnn([C@H]2CC[C@@H](C(C(N)=O)(c3ccccc3)c3ccccc3)C2)c1. The Hall–Kier alpha value is -3.28. The van der Waals surface area contributed by atoms with Gasteiger partial charge in [-0.25, -0.2) is 4.57 Å². The van der Waals surface area contributed by atoms with E-state index in [0.29, 0.717) is 6.54 Å². The Bertz CT molecular complexity index is 990. The Labute approximate surface area is 176 Å². The van der Waals surface area contributed by atoms with Crippen molar-refractivity contribution in [3.63, 3.8) is 0 Å². The quantitative estimate of drug-likeness (QED) is 0.616. The van der Waals surface area contributed by atoms with Gasteiger partial charge in [0.05, 0.1) is 0 Å². The number of rotatable bonds is 7. The maximum Gasteiger partial charge on any atom is 0.265 e. The number of nitrogens with two attached hydrogens (primary N) is 1. The summed E-state index contributed by atoms with van der Waals surface area (Å²) in [5.41, 5.74) is 7.13. The smallest absolute Gasteiger partial charge is 0.265 e. The summed E-state index contributed by atoms with van der Waals surface area (Å²) >= 11 is 0. The topological polar surface area (TPSA) is 81.9 Å². The number of nitrogens with zero attached hydrogens (tertiary/aromatic N) is 3. The van der Waals surface area contributed by atoms with Crippen molar-refractivity contribution in [1.29, 1.82) is 0 Å². The summed E-state index contributed by atoms with van der Waals surface area (Å²) in [6.07, 6.45) is 6.12. The molecule has 1 aliphatic rings. The van der Waals surface area contributed by atoms with Gasteiger partial charge < -0.3 is 5.73 Å². The van der Waals surface area contributed by atoms with Gasteiger partial charge in [0.25, 0.3) is 6.33 Å². The van der Waals surface area contributed by atoms with E-state index >= 15 is 0 Å².